The average Bonchev–Trinajstić information content (AvgIpc) is 3.36. The Kier molecular flexibility index (Phi) is 6.99. The minimum absolute atomic E-state index is 0.255. The van der Waals surface area contributed by atoms with E-state index in [9.17, 15) is 9.90 Å². The summed E-state index contributed by atoms with van der Waals surface area (Å²) in [6.07, 6.45) is 5.85. The number of aromatic carboxylic acids is 1. The lowest BCUT2D eigenvalue weighted by Gasteiger charge is -2.25. The van der Waals surface area contributed by atoms with E-state index < -0.39 is 5.97 Å². The van der Waals surface area contributed by atoms with Crippen LogP contribution in [0.5, 0.6) is 5.75 Å². The Morgan fingerprint density at radius 3 is 2.59 bits per heavy atom. The molecule has 7 heteroatoms. The number of aromatic nitrogens is 3. The normalized spacial score (nSPS) is 14.2. The molecule has 0 unspecified atom stereocenters. The molecule has 0 atom stereocenters. The molecule has 0 saturated heterocycles. The van der Waals surface area contributed by atoms with Gasteiger partial charge in [0.2, 0.25) is 0 Å². The molecule has 7 nitrogen and oxygen atoms in total. The number of nitrogens with zero attached hydrogens (tertiary/aromatic N) is 3. The van der Waals surface area contributed by atoms with Gasteiger partial charge in [0.25, 0.3) is 0 Å². The van der Waals surface area contributed by atoms with Crippen LogP contribution in [0.3, 0.4) is 0 Å². The highest BCUT2D eigenvalue weighted by Crippen LogP contribution is 2.37. The second-order valence-corrected chi connectivity index (χ2v) is 10.1. The first-order chi connectivity index (χ1) is 19.1. The zero-order valence-corrected chi connectivity index (χ0v) is 22.0. The van der Waals surface area contributed by atoms with Crippen LogP contribution in [-0.2, 0) is 4.74 Å². The molecule has 2 heterocycles. The molecule has 0 bridgehead atoms. The molecule has 1 fully saturated rings. The van der Waals surface area contributed by atoms with Gasteiger partial charge in [-0.25, -0.2) is 14.8 Å². The highest BCUT2D eigenvalue weighted by molar-refractivity contribution is 5.94. The topological polar surface area (TPSA) is 86.5 Å². The second-order valence-electron chi connectivity index (χ2n) is 10.1. The van der Waals surface area contributed by atoms with Crippen molar-refractivity contribution in [2.24, 2.45) is 0 Å². The van der Waals surface area contributed by atoms with Gasteiger partial charge in [0, 0.05) is 29.7 Å². The molecule has 0 radical (unpaired) electrons. The fraction of sp³-hybridized carbons (Fsp3) is 0.281. The second kappa shape index (κ2) is 10.9. The van der Waals surface area contributed by atoms with Gasteiger partial charge in [0.15, 0.2) is 0 Å². The average molecular weight is 522 g/mol. The predicted molar refractivity (Wildman–Crippen MR) is 152 cm³/mol. The number of carbonyl (C=O) groups is 1. The maximum absolute atomic E-state index is 11.6. The summed E-state index contributed by atoms with van der Waals surface area (Å²) in [5, 5.41) is 10.5. The number of hydrogen-bond donors (Lipinski definition) is 1. The van der Waals surface area contributed by atoms with E-state index in [4.69, 9.17) is 19.4 Å². The van der Waals surface area contributed by atoms with Crippen LogP contribution in [0.4, 0.5) is 0 Å². The Balaban J connectivity index is 1.38. The highest BCUT2D eigenvalue weighted by atomic mass is 16.5. The van der Waals surface area contributed by atoms with Crippen molar-refractivity contribution >= 4 is 27.9 Å². The van der Waals surface area contributed by atoms with Gasteiger partial charge in [0.05, 0.1) is 34.4 Å². The van der Waals surface area contributed by atoms with E-state index >= 15 is 0 Å². The number of fused-ring (bicyclic) bond motifs is 2. The molecule has 6 rings (SSSR count). The lowest BCUT2D eigenvalue weighted by atomic mass is 9.94. The number of rotatable bonds is 8. The number of carboxylic acid groups (broad SMARTS) is 1. The first-order valence-electron chi connectivity index (χ1n) is 13.5. The van der Waals surface area contributed by atoms with E-state index in [1.165, 1.54) is 19.3 Å². The minimum atomic E-state index is -0.940. The molecule has 1 aliphatic rings. The van der Waals surface area contributed by atoms with Crippen LogP contribution in [0.15, 0.2) is 72.8 Å². The van der Waals surface area contributed by atoms with Crippen molar-refractivity contribution in [2.75, 3.05) is 20.3 Å². The third-order valence-electron chi connectivity index (χ3n) is 7.51. The van der Waals surface area contributed by atoms with Gasteiger partial charge < -0.3 is 19.1 Å². The van der Waals surface area contributed by atoms with Crippen LogP contribution < -0.4 is 4.74 Å². The molecule has 0 amide bonds. The first-order valence-corrected chi connectivity index (χ1v) is 13.5. The van der Waals surface area contributed by atoms with Gasteiger partial charge in [0.1, 0.15) is 18.2 Å². The SMILES string of the molecule is COCCOc1cccc(-c2ccc3cc(-c4nc5cc(C(=O)O)ccc5n4C4CCCCC4)ccc3n2)c1. The molecule has 2 aromatic heterocycles. The third kappa shape index (κ3) is 5.10. The number of ether oxygens (including phenoxy) is 2. The molecular weight excluding hydrogens is 490 g/mol. The molecule has 39 heavy (non-hydrogen) atoms. The Labute approximate surface area is 227 Å². The number of carboxylic acids is 1. The van der Waals surface area contributed by atoms with E-state index in [0.29, 0.717) is 19.3 Å². The smallest absolute Gasteiger partial charge is 0.335 e. The molecule has 1 N–H and O–H groups in total. The molecule has 1 saturated carbocycles. The predicted octanol–water partition coefficient (Wildman–Crippen LogP) is 7.15. The van der Waals surface area contributed by atoms with Crippen LogP contribution in [0, 0.1) is 0 Å². The van der Waals surface area contributed by atoms with Crippen LogP contribution in [0.1, 0.15) is 48.5 Å². The van der Waals surface area contributed by atoms with E-state index in [0.717, 1.165) is 63.2 Å². The summed E-state index contributed by atoms with van der Waals surface area (Å²) in [6, 6.07) is 23.9. The molecule has 1 aliphatic carbocycles. The fourth-order valence-electron chi connectivity index (χ4n) is 5.56. The molecule has 0 spiro atoms. The number of methoxy groups -OCH3 is 1. The molecule has 3 aromatic carbocycles. The Morgan fingerprint density at radius 1 is 0.897 bits per heavy atom. The summed E-state index contributed by atoms with van der Waals surface area (Å²) in [7, 11) is 1.66. The first kappa shape index (κ1) is 25.1. The van der Waals surface area contributed by atoms with Crippen LogP contribution in [0.2, 0.25) is 0 Å². The standard InChI is InChI=1S/C32H31N3O4/c1-38-16-17-39-26-9-5-6-21(19-26)27-13-10-22-18-23(11-14-28(22)33-27)31-34-29-20-24(32(36)37)12-15-30(29)35(31)25-7-3-2-4-8-25/h5-6,9-15,18-20,25H,2-4,7-8,16-17H2,1H3,(H,36,37). The van der Waals surface area contributed by atoms with Crippen LogP contribution >= 0.6 is 0 Å². The van der Waals surface area contributed by atoms with Gasteiger partial charge in [-0.15, -0.1) is 0 Å². The summed E-state index contributed by atoms with van der Waals surface area (Å²) in [5.41, 5.74) is 5.73. The van der Waals surface area contributed by atoms with Crippen molar-refractivity contribution in [3.05, 3.63) is 78.4 Å². The maximum Gasteiger partial charge on any atom is 0.335 e. The summed E-state index contributed by atoms with van der Waals surface area (Å²) in [6.45, 7) is 1.03. The largest absolute Gasteiger partial charge is 0.491 e. The molecular formula is C32H31N3O4. The van der Waals surface area contributed by atoms with Gasteiger partial charge in [-0.1, -0.05) is 37.5 Å². The molecule has 5 aromatic rings. The van der Waals surface area contributed by atoms with Crippen molar-refractivity contribution < 1.29 is 19.4 Å². The van der Waals surface area contributed by atoms with E-state index in [-0.39, 0.29) is 5.56 Å². The minimum Gasteiger partial charge on any atom is -0.491 e. The zero-order chi connectivity index (χ0) is 26.8. The number of imidazole rings is 1. The lowest BCUT2D eigenvalue weighted by Crippen LogP contribution is -2.14. The van der Waals surface area contributed by atoms with Crippen LogP contribution in [0.25, 0.3) is 44.6 Å². The monoisotopic (exact) mass is 521 g/mol. The van der Waals surface area contributed by atoms with Crippen molar-refractivity contribution in [1.82, 2.24) is 14.5 Å². The van der Waals surface area contributed by atoms with Crippen LogP contribution in [-0.4, -0.2) is 45.9 Å². The van der Waals surface area contributed by atoms with E-state index in [1.54, 1.807) is 19.2 Å². The van der Waals surface area contributed by atoms with Gasteiger partial charge >= 0.3 is 5.97 Å². The Bertz CT molecular complexity index is 1650. The fourth-order valence-corrected chi connectivity index (χ4v) is 5.56. The summed E-state index contributed by atoms with van der Waals surface area (Å²) >= 11 is 0. The summed E-state index contributed by atoms with van der Waals surface area (Å²) in [5.74, 6) is 0.728. The molecule has 0 aliphatic heterocycles. The quantitative estimate of drug-likeness (QED) is 0.218. The summed E-state index contributed by atoms with van der Waals surface area (Å²) in [4.78, 5) is 21.5. The van der Waals surface area contributed by atoms with Gasteiger partial charge in [-0.3, -0.25) is 0 Å². The van der Waals surface area contributed by atoms with Crippen molar-refractivity contribution in [3.63, 3.8) is 0 Å². The van der Waals surface area contributed by atoms with Crippen molar-refractivity contribution in [1.29, 1.82) is 0 Å². The Morgan fingerprint density at radius 2 is 1.77 bits per heavy atom. The van der Waals surface area contributed by atoms with E-state index in [2.05, 4.69) is 22.8 Å². The maximum atomic E-state index is 11.6. The summed E-state index contributed by atoms with van der Waals surface area (Å²) < 4.78 is 13.2. The Hall–Kier alpha value is -4.23. The number of pyridine rings is 1. The van der Waals surface area contributed by atoms with E-state index in [1.807, 2.05) is 42.5 Å². The zero-order valence-electron chi connectivity index (χ0n) is 22.0. The lowest BCUT2D eigenvalue weighted by molar-refractivity contribution is 0.0697. The molecule has 198 valence electrons. The highest BCUT2D eigenvalue weighted by Gasteiger charge is 2.23. The van der Waals surface area contributed by atoms with Crippen molar-refractivity contribution in [3.8, 4) is 28.4 Å². The van der Waals surface area contributed by atoms with Crippen molar-refractivity contribution in [2.45, 2.75) is 38.1 Å². The van der Waals surface area contributed by atoms with Gasteiger partial charge in [-0.05, 0) is 67.4 Å². The number of benzene rings is 3. The van der Waals surface area contributed by atoms with Gasteiger partial charge in [-0.2, -0.15) is 0 Å². The number of hydrogen-bond acceptors (Lipinski definition) is 5. The third-order valence-corrected chi connectivity index (χ3v) is 7.51.